The molecule has 0 fully saturated rings. The van der Waals surface area contributed by atoms with Crippen LogP contribution in [0.15, 0.2) is 42.5 Å². The van der Waals surface area contributed by atoms with Crippen LogP contribution in [-0.2, 0) is 0 Å². The lowest BCUT2D eigenvalue weighted by Gasteiger charge is -2.24. The molecule has 0 saturated carbocycles. The Morgan fingerprint density at radius 3 is 2.42 bits per heavy atom. The molecule has 1 aliphatic rings. The van der Waals surface area contributed by atoms with Crippen molar-refractivity contribution in [3.8, 4) is 11.5 Å². The van der Waals surface area contributed by atoms with E-state index in [4.69, 9.17) is 9.47 Å². The highest BCUT2D eigenvalue weighted by atomic mass is 19.1. The zero-order valence-electron chi connectivity index (χ0n) is 14.9. The first-order valence-corrected chi connectivity index (χ1v) is 8.75. The van der Waals surface area contributed by atoms with Crippen molar-refractivity contribution >= 4 is 11.7 Å². The second-order valence-corrected chi connectivity index (χ2v) is 6.58. The van der Waals surface area contributed by atoms with Crippen LogP contribution in [0.3, 0.4) is 0 Å². The number of urea groups is 1. The molecule has 2 N–H and O–H groups in total. The Balaban J connectivity index is 1.73. The summed E-state index contributed by atoms with van der Waals surface area (Å²) in [7, 11) is 0. The van der Waals surface area contributed by atoms with E-state index in [1.807, 2.05) is 32.0 Å². The van der Waals surface area contributed by atoms with Gasteiger partial charge >= 0.3 is 6.03 Å². The molecule has 0 saturated heterocycles. The summed E-state index contributed by atoms with van der Waals surface area (Å²) < 4.78 is 24.4. The number of anilines is 1. The fourth-order valence-electron chi connectivity index (χ4n) is 2.85. The van der Waals surface area contributed by atoms with Gasteiger partial charge in [0.1, 0.15) is 5.82 Å². The highest BCUT2D eigenvalue weighted by Crippen LogP contribution is 2.34. The molecule has 1 aliphatic heterocycles. The Labute approximate surface area is 152 Å². The molecule has 1 heterocycles. The lowest BCUT2D eigenvalue weighted by atomic mass is 9.96. The van der Waals surface area contributed by atoms with E-state index in [9.17, 15) is 9.18 Å². The monoisotopic (exact) mass is 358 g/mol. The lowest BCUT2D eigenvalue weighted by molar-refractivity contribution is 0.244. The first kappa shape index (κ1) is 18.0. The van der Waals surface area contributed by atoms with Gasteiger partial charge in [-0.3, -0.25) is 0 Å². The third kappa shape index (κ3) is 4.45. The number of benzene rings is 2. The van der Waals surface area contributed by atoms with E-state index >= 15 is 0 Å². The quantitative estimate of drug-likeness (QED) is 0.846. The number of amides is 2. The van der Waals surface area contributed by atoms with Crippen LogP contribution in [-0.4, -0.2) is 19.2 Å². The average molecular weight is 358 g/mol. The number of hydrogen-bond acceptors (Lipinski definition) is 3. The number of ether oxygens (including phenoxy) is 2. The molecule has 1 atom stereocenters. The van der Waals surface area contributed by atoms with Crippen molar-refractivity contribution < 1.29 is 18.7 Å². The van der Waals surface area contributed by atoms with Gasteiger partial charge in [0, 0.05) is 12.1 Å². The van der Waals surface area contributed by atoms with Crippen molar-refractivity contribution in [1.82, 2.24) is 5.32 Å². The number of fused-ring (bicyclic) bond motifs is 1. The van der Waals surface area contributed by atoms with Gasteiger partial charge in [-0.15, -0.1) is 0 Å². The van der Waals surface area contributed by atoms with E-state index in [1.54, 1.807) is 0 Å². The minimum Gasteiger partial charge on any atom is -0.490 e. The summed E-state index contributed by atoms with van der Waals surface area (Å²) in [4.78, 5) is 12.4. The number of halogens is 1. The minimum atomic E-state index is -0.345. The fourth-order valence-corrected chi connectivity index (χ4v) is 2.85. The van der Waals surface area contributed by atoms with Crippen LogP contribution in [0, 0.1) is 11.7 Å². The van der Waals surface area contributed by atoms with Gasteiger partial charge < -0.3 is 20.1 Å². The number of rotatable bonds is 4. The molecule has 6 heteroatoms. The Morgan fingerprint density at radius 1 is 1.04 bits per heavy atom. The topological polar surface area (TPSA) is 59.6 Å². The minimum absolute atomic E-state index is 0.165. The van der Waals surface area contributed by atoms with E-state index in [2.05, 4.69) is 10.6 Å². The summed E-state index contributed by atoms with van der Waals surface area (Å²) in [6.45, 7) is 5.32. The van der Waals surface area contributed by atoms with Crippen LogP contribution < -0.4 is 20.1 Å². The van der Waals surface area contributed by atoms with Crippen LogP contribution in [0.4, 0.5) is 14.9 Å². The van der Waals surface area contributed by atoms with Crippen LogP contribution in [0.5, 0.6) is 11.5 Å². The molecule has 0 bridgehead atoms. The molecule has 0 unspecified atom stereocenters. The van der Waals surface area contributed by atoms with Crippen LogP contribution in [0.1, 0.15) is 31.9 Å². The summed E-state index contributed by atoms with van der Waals surface area (Å²) in [5.41, 5.74) is 1.48. The number of carbonyl (C=O) groups excluding carboxylic acids is 1. The average Bonchev–Trinajstić information content (AvgIpc) is 2.86. The normalized spacial score (nSPS) is 14.5. The summed E-state index contributed by atoms with van der Waals surface area (Å²) in [6.07, 6.45) is 0.843. The highest BCUT2D eigenvalue weighted by molar-refractivity contribution is 5.89. The largest absolute Gasteiger partial charge is 0.490 e. The van der Waals surface area contributed by atoms with Gasteiger partial charge in [0.25, 0.3) is 0 Å². The third-order valence-corrected chi connectivity index (χ3v) is 4.19. The molecule has 3 rings (SSSR count). The SMILES string of the molecule is CC(C)[C@@H](NC(=O)Nc1ccc(F)cc1)c1ccc2c(c1)OCCCO2. The van der Waals surface area contributed by atoms with Crippen molar-refractivity contribution in [2.24, 2.45) is 5.92 Å². The Bertz CT molecular complexity index is 762. The summed E-state index contributed by atoms with van der Waals surface area (Å²) in [6, 6.07) is 10.8. The predicted octanol–water partition coefficient (Wildman–Crippen LogP) is 4.51. The van der Waals surface area contributed by atoms with Gasteiger partial charge in [0.05, 0.1) is 19.3 Å². The molecular weight excluding hydrogens is 335 g/mol. The molecule has 0 spiro atoms. The molecule has 0 aliphatic carbocycles. The van der Waals surface area contributed by atoms with Crippen molar-refractivity contribution in [1.29, 1.82) is 0 Å². The standard InChI is InChI=1S/C20H23FN2O3/c1-13(2)19(23-20(24)22-16-7-5-15(21)6-8-16)14-4-9-17-18(12-14)26-11-3-10-25-17/h4-9,12-13,19H,3,10-11H2,1-2H3,(H2,22,23,24)/t19-/m1/s1. The first-order chi connectivity index (χ1) is 12.5. The van der Waals surface area contributed by atoms with E-state index in [-0.39, 0.29) is 23.8 Å². The van der Waals surface area contributed by atoms with E-state index < -0.39 is 0 Å². The molecule has 2 aromatic carbocycles. The molecular formula is C20H23FN2O3. The Morgan fingerprint density at radius 2 is 1.73 bits per heavy atom. The predicted molar refractivity (Wildman–Crippen MR) is 98.2 cm³/mol. The fraction of sp³-hybridized carbons (Fsp3) is 0.350. The summed E-state index contributed by atoms with van der Waals surface area (Å²) >= 11 is 0. The van der Waals surface area contributed by atoms with Gasteiger partial charge in [-0.1, -0.05) is 19.9 Å². The van der Waals surface area contributed by atoms with E-state index in [0.717, 1.165) is 17.7 Å². The van der Waals surface area contributed by atoms with Crippen molar-refractivity contribution in [2.75, 3.05) is 18.5 Å². The number of hydrogen-bond donors (Lipinski definition) is 2. The van der Waals surface area contributed by atoms with Crippen molar-refractivity contribution in [2.45, 2.75) is 26.3 Å². The number of nitrogens with one attached hydrogen (secondary N) is 2. The molecule has 2 aromatic rings. The molecule has 26 heavy (non-hydrogen) atoms. The third-order valence-electron chi connectivity index (χ3n) is 4.19. The van der Waals surface area contributed by atoms with E-state index in [0.29, 0.717) is 24.7 Å². The van der Waals surface area contributed by atoms with Gasteiger partial charge in [-0.25, -0.2) is 9.18 Å². The zero-order valence-corrected chi connectivity index (χ0v) is 14.9. The molecule has 5 nitrogen and oxygen atoms in total. The second-order valence-electron chi connectivity index (χ2n) is 6.58. The maximum Gasteiger partial charge on any atom is 0.319 e. The van der Waals surface area contributed by atoms with Gasteiger partial charge in [0.15, 0.2) is 11.5 Å². The van der Waals surface area contributed by atoms with Crippen molar-refractivity contribution in [3.63, 3.8) is 0 Å². The van der Waals surface area contributed by atoms with Gasteiger partial charge in [-0.05, 0) is 47.9 Å². The molecule has 138 valence electrons. The first-order valence-electron chi connectivity index (χ1n) is 8.75. The smallest absolute Gasteiger partial charge is 0.319 e. The maximum atomic E-state index is 13.0. The van der Waals surface area contributed by atoms with Crippen LogP contribution in [0.25, 0.3) is 0 Å². The molecule has 2 amide bonds. The van der Waals surface area contributed by atoms with Gasteiger partial charge in [0.2, 0.25) is 0 Å². The maximum absolute atomic E-state index is 13.0. The van der Waals surface area contributed by atoms with Gasteiger partial charge in [-0.2, -0.15) is 0 Å². The van der Waals surface area contributed by atoms with Crippen molar-refractivity contribution in [3.05, 3.63) is 53.8 Å². The zero-order chi connectivity index (χ0) is 18.5. The second kappa shape index (κ2) is 8.08. The molecule has 0 aromatic heterocycles. The Hall–Kier alpha value is -2.76. The lowest BCUT2D eigenvalue weighted by Crippen LogP contribution is -2.35. The van der Waals surface area contributed by atoms with Crippen LogP contribution in [0.2, 0.25) is 0 Å². The highest BCUT2D eigenvalue weighted by Gasteiger charge is 2.21. The van der Waals surface area contributed by atoms with E-state index in [1.165, 1.54) is 24.3 Å². The molecule has 0 radical (unpaired) electrons. The van der Waals surface area contributed by atoms with Crippen LogP contribution >= 0.6 is 0 Å². The number of carbonyl (C=O) groups is 1. The summed E-state index contributed by atoms with van der Waals surface area (Å²) in [5, 5.41) is 5.70. The summed E-state index contributed by atoms with van der Waals surface area (Å²) in [5.74, 6) is 1.25. The Kier molecular flexibility index (Phi) is 5.61.